The number of likely N-dealkylation sites (tertiary alicyclic amines) is 1. The van der Waals surface area contributed by atoms with Crippen LogP contribution >= 0.6 is 0 Å². The van der Waals surface area contributed by atoms with Gasteiger partial charge < -0.3 is 26.3 Å². The molecule has 0 aromatic rings. The second-order valence-corrected chi connectivity index (χ2v) is 6.83. The molecule has 0 unspecified atom stereocenters. The summed E-state index contributed by atoms with van der Waals surface area (Å²) in [5.41, 5.74) is 7.77. The number of nitrogens with one attached hydrogen (secondary N) is 3. The van der Waals surface area contributed by atoms with Gasteiger partial charge in [0, 0.05) is 63.4 Å². The van der Waals surface area contributed by atoms with Crippen LogP contribution < -0.4 is 11.1 Å². The van der Waals surface area contributed by atoms with Crippen LogP contribution in [0.2, 0.25) is 0 Å². The van der Waals surface area contributed by atoms with Crippen LogP contribution in [0.15, 0.2) is 64.2 Å². The van der Waals surface area contributed by atoms with Crippen molar-refractivity contribution in [3.8, 4) is 0 Å². The van der Waals surface area contributed by atoms with Crippen LogP contribution in [0, 0.1) is 10.8 Å². The Balaban J connectivity index is 2.43. The molecule has 8 heteroatoms. The summed E-state index contributed by atoms with van der Waals surface area (Å²) in [6, 6.07) is 0. The minimum absolute atomic E-state index is 0.0545. The number of aliphatic imine (C=N–C) groups is 1. The molecule has 0 aromatic heterocycles. The molecule has 29 heavy (non-hydrogen) atoms. The number of hydrogen-bond acceptors (Lipinski definition) is 7. The molecular weight excluding hydrogens is 369 g/mol. The van der Waals surface area contributed by atoms with Gasteiger partial charge in [0.1, 0.15) is 18.3 Å². The van der Waals surface area contributed by atoms with E-state index in [0.29, 0.717) is 23.5 Å². The maximum atomic E-state index is 14.5. The van der Waals surface area contributed by atoms with Gasteiger partial charge in [0.15, 0.2) is 0 Å². The number of nitrogens with zero attached hydrogens (tertiary/aromatic N) is 3. The normalized spacial score (nSPS) is 18.8. The van der Waals surface area contributed by atoms with Crippen molar-refractivity contribution < 1.29 is 4.39 Å². The van der Waals surface area contributed by atoms with Crippen LogP contribution in [0.3, 0.4) is 0 Å². The zero-order chi connectivity index (χ0) is 21.4. The van der Waals surface area contributed by atoms with E-state index < -0.39 is 5.83 Å². The van der Waals surface area contributed by atoms with Crippen molar-refractivity contribution in [2.24, 2.45) is 10.7 Å². The highest BCUT2D eigenvalue weighted by atomic mass is 19.1. The molecule has 0 aliphatic carbocycles. The summed E-state index contributed by atoms with van der Waals surface area (Å²) < 4.78 is 14.5. The van der Waals surface area contributed by atoms with E-state index >= 15 is 0 Å². The first kappa shape index (κ1) is 22.3. The molecule has 156 valence electrons. The third-order valence-corrected chi connectivity index (χ3v) is 4.87. The lowest BCUT2D eigenvalue weighted by atomic mass is 9.98. The Morgan fingerprint density at radius 3 is 2.66 bits per heavy atom. The maximum Gasteiger partial charge on any atom is 0.130 e. The molecule has 2 heterocycles. The van der Waals surface area contributed by atoms with Gasteiger partial charge in [0.2, 0.25) is 0 Å². The van der Waals surface area contributed by atoms with E-state index in [1.165, 1.54) is 12.3 Å². The first-order valence-corrected chi connectivity index (χ1v) is 9.59. The van der Waals surface area contributed by atoms with Gasteiger partial charge in [-0.1, -0.05) is 6.58 Å². The quantitative estimate of drug-likeness (QED) is 0.371. The summed E-state index contributed by atoms with van der Waals surface area (Å²) in [6.07, 6.45) is 9.35. The summed E-state index contributed by atoms with van der Waals surface area (Å²) in [6.45, 7) is 5.92. The predicted octanol–water partition coefficient (Wildman–Crippen LogP) is 2.33. The summed E-state index contributed by atoms with van der Waals surface area (Å²) >= 11 is 0. The molecule has 0 bridgehead atoms. The largest absolute Gasteiger partial charge is 0.393 e. The topological polar surface area (TPSA) is 105 Å². The van der Waals surface area contributed by atoms with Crippen LogP contribution in [0.4, 0.5) is 4.39 Å². The van der Waals surface area contributed by atoms with Gasteiger partial charge in [-0.05, 0) is 30.6 Å². The third kappa shape index (κ3) is 5.29. The molecule has 0 atom stereocenters. The van der Waals surface area contributed by atoms with E-state index in [2.05, 4.69) is 21.8 Å². The van der Waals surface area contributed by atoms with Crippen molar-refractivity contribution in [2.75, 3.05) is 40.4 Å². The summed E-state index contributed by atoms with van der Waals surface area (Å²) in [4.78, 5) is 8.69. The van der Waals surface area contributed by atoms with Gasteiger partial charge in [0.25, 0.3) is 0 Å². The average molecular weight is 400 g/mol. The Hall–Kier alpha value is -3.00. The Morgan fingerprint density at radius 1 is 1.41 bits per heavy atom. The molecule has 0 aromatic carbocycles. The second-order valence-electron chi connectivity index (χ2n) is 6.83. The lowest BCUT2D eigenvalue weighted by molar-refractivity contribution is 0.431. The Kier molecular flexibility index (Phi) is 8.09. The zero-order valence-corrected chi connectivity index (χ0v) is 17.1. The molecule has 7 nitrogen and oxygen atoms in total. The molecule has 0 spiro atoms. The highest BCUT2D eigenvalue weighted by Crippen LogP contribution is 2.22. The van der Waals surface area contributed by atoms with Gasteiger partial charge in [0.05, 0.1) is 11.4 Å². The van der Waals surface area contributed by atoms with Gasteiger partial charge in [-0.15, -0.1) is 0 Å². The average Bonchev–Trinajstić information content (AvgIpc) is 3.27. The van der Waals surface area contributed by atoms with Crippen LogP contribution in [-0.2, 0) is 0 Å². The van der Waals surface area contributed by atoms with Gasteiger partial charge in [-0.3, -0.25) is 5.41 Å². The first-order valence-electron chi connectivity index (χ1n) is 9.59. The van der Waals surface area contributed by atoms with Crippen molar-refractivity contribution in [3.05, 3.63) is 59.3 Å². The van der Waals surface area contributed by atoms with E-state index in [-0.39, 0.29) is 17.8 Å². The number of amidine groups is 1. The van der Waals surface area contributed by atoms with Crippen molar-refractivity contribution in [1.82, 2.24) is 15.1 Å². The molecule has 1 saturated heterocycles. The Labute approximate surface area is 171 Å². The molecule has 5 N–H and O–H groups in total. The highest BCUT2D eigenvalue weighted by molar-refractivity contribution is 6.14. The fraction of sp³-hybridized carbons (Fsp3) is 0.381. The molecule has 1 fully saturated rings. The van der Waals surface area contributed by atoms with Gasteiger partial charge in [-0.2, -0.15) is 0 Å². The van der Waals surface area contributed by atoms with E-state index in [1.807, 2.05) is 18.0 Å². The fourth-order valence-corrected chi connectivity index (χ4v) is 3.26. The summed E-state index contributed by atoms with van der Waals surface area (Å²) in [5, 5.41) is 19.1. The van der Waals surface area contributed by atoms with Crippen LogP contribution in [0.1, 0.15) is 12.8 Å². The second kappa shape index (κ2) is 10.5. The maximum absolute atomic E-state index is 14.5. The number of halogens is 1. The summed E-state index contributed by atoms with van der Waals surface area (Å²) in [5.74, 6) is 0.291. The van der Waals surface area contributed by atoms with Crippen LogP contribution in [-0.4, -0.2) is 68.0 Å². The Bertz CT molecular complexity index is 811. The minimum atomic E-state index is -0.584. The number of rotatable bonds is 8. The molecule has 2 aliphatic heterocycles. The molecule has 2 aliphatic rings. The van der Waals surface area contributed by atoms with Crippen molar-refractivity contribution in [1.29, 1.82) is 10.8 Å². The standard InChI is InChI=1S/C21H30FN7/c1-4-18(22)17(16(12-24)13-26-2)9-15(11-23)21(25)19-10-20(27-14-28(19)3)29-7-5-6-8-29/h4,9-10,12-13,24-26H,1,5-8,11,14,23H2,2-3H3/b15-9+,16-13+,18-17-,24-12?,25-21?. The molecule has 0 radical (unpaired) electrons. The zero-order valence-electron chi connectivity index (χ0n) is 17.1. The van der Waals surface area contributed by atoms with Gasteiger partial charge in [-0.25, -0.2) is 9.38 Å². The van der Waals surface area contributed by atoms with E-state index in [4.69, 9.17) is 16.6 Å². The lowest BCUT2D eigenvalue weighted by Crippen LogP contribution is -2.36. The van der Waals surface area contributed by atoms with E-state index in [9.17, 15) is 4.39 Å². The van der Waals surface area contributed by atoms with E-state index in [1.54, 1.807) is 7.05 Å². The third-order valence-electron chi connectivity index (χ3n) is 4.87. The summed E-state index contributed by atoms with van der Waals surface area (Å²) in [7, 11) is 3.54. The molecule has 2 rings (SSSR count). The molecule has 0 saturated carbocycles. The smallest absolute Gasteiger partial charge is 0.130 e. The number of hydrogen-bond donors (Lipinski definition) is 4. The van der Waals surface area contributed by atoms with Crippen LogP contribution in [0.25, 0.3) is 0 Å². The predicted molar refractivity (Wildman–Crippen MR) is 118 cm³/mol. The van der Waals surface area contributed by atoms with Crippen molar-refractivity contribution in [2.45, 2.75) is 12.8 Å². The van der Waals surface area contributed by atoms with Crippen LogP contribution in [0.5, 0.6) is 0 Å². The minimum Gasteiger partial charge on any atom is -0.393 e. The Morgan fingerprint density at radius 2 is 2.10 bits per heavy atom. The highest BCUT2D eigenvalue weighted by Gasteiger charge is 2.23. The van der Waals surface area contributed by atoms with Crippen molar-refractivity contribution >= 4 is 17.8 Å². The monoisotopic (exact) mass is 399 g/mol. The van der Waals surface area contributed by atoms with Crippen molar-refractivity contribution in [3.63, 3.8) is 0 Å². The molecule has 0 amide bonds. The molecular formula is C21H30FN7. The SMILES string of the molecule is C=C/C(F)=C(\C=C(/CN)C(=N)C1=CC(N2CCCC2)=NCN1C)C(/C=N)=C/NC. The lowest BCUT2D eigenvalue weighted by Gasteiger charge is -2.29. The first-order chi connectivity index (χ1) is 14.0. The van der Waals surface area contributed by atoms with E-state index in [0.717, 1.165) is 44.1 Å². The van der Waals surface area contributed by atoms with Gasteiger partial charge >= 0.3 is 0 Å². The number of nitrogens with two attached hydrogens (primary N) is 1. The fourth-order valence-electron chi connectivity index (χ4n) is 3.26. The number of allylic oxidation sites excluding steroid dienone is 6.